The Morgan fingerprint density at radius 1 is 0.895 bits per heavy atom. The molecular weight excluding hydrogens is 496 g/mol. The molecule has 4 fully saturated rings. The van der Waals surface area contributed by atoms with E-state index < -0.39 is 15.9 Å². The quantitative estimate of drug-likeness (QED) is 0.388. The number of anilines is 2. The lowest BCUT2D eigenvalue weighted by Crippen LogP contribution is -2.48. The number of carbonyl (C=O) groups is 1. The Morgan fingerprint density at radius 2 is 1.53 bits per heavy atom. The molecule has 4 aliphatic carbocycles. The van der Waals surface area contributed by atoms with E-state index in [1.54, 1.807) is 42.5 Å². The third-order valence-corrected chi connectivity index (χ3v) is 10.6. The fourth-order valence-corrected chi connectivity index (χ4v) is 8.94. The molecule has 1 amide bonds. The van der Waals surface area contributed by atoms with Crippen molar-refractivity contribution in [2.45, 2.75) is 48.8 Å². The molecule has 0 atom stereocenters. The summed E-state index contributed by atoms with van der Waals surface area (Å²) in [7, 11) is -2.46. The molecule has 38 heavy (non-hydrogen) atoms. The van der Waals surface area contributed by atoms with Gasteiger partial charge in [-0.2, -0.15) is 0 Å². The zero-order chi connectivity index (χ0) is 26.3. The summed E-state index contributed by atoms with van der Waals surface area (Å²) >= 11 is 0. The van der Waals surface area contributed by atoms with Crippen molar-refractivity contribution in [1.29, 1.82) is 0 Å². The van der Waals surface area contributed by atoms with Gasteiger partial charge >= 0.3 is 0 Å². The second-order valence-corrected chi connectivity index (χ2v) is 13.2. The first kappa shape index (κ1) is 25.0. The second-order valence-electron chi connectivity index (χ2n) is 11.3. The minimum atomic E-state index is -3.98. The third-order valence-electron chi connectivity index (χ3n) is 8.78. The van der Waals surface area contributed by atoms with E-state index in [2.05, 4.69) is 17.4 Å². The number of carbonyl (C=O) groups excluding carboxylic acids is 1. The van der Waals surface area contributed by atoms with Crippen molar-refractivity contribution in [2.75, 3.05) is 23.3 Å². The number of hydrogen-bond acceptors (Lipinski definition) is 4. The zero-order valence-corrected chi connectivity index (χ0v) is 22.5. The fourth-order valence-electron chi connectivity index (χ4n) is 7.50. The normalized spacial score (nSPS) is 25.7. The number of rotatable bonds is 8. The van der Waals surface area contributed by atoms with Crippen molar-refractivity contribution >= 4 is 27.3 Å². The first-order valence-electron chi connectivity index (χ1n) is 13.5. The van der Waals surface area contributed by atoms with E-state index in [-0.39, 0.29) is 11.4 Å². The molecule has 0 radical (unpaired) electrons. The Kier molecular flexibility index (Phi) is 6.42. The topological polar surface area (TPSA) is 75.7 Å². The summed E-state index contributed by atoms with van der Waals surface area (Å²) in [6, 6.07) is 23.2. The number of nitrogens with one attached hydrogen (secondary N) is 1. The minimum Gasteiger partial charge on any atom is -0.497 e. The van der Waals surface area contributed by atoms with Gasteiger partial charge in [0.1, 0.15) is 12.3 Å². The highest BCUT2D eigenvalue weighted by Gasteiger charge is 2.51. The van der Waals surface area contributed by atoms with Gasteiger partial charge < -0.3 is 10.1 Å². The van der Waals surface area contributed by atoms with Crippen LogP contribution in [0, 0.1) is 17.8 Å². The average molecular weight is 531 g/mol. The van der Waals surface area contributed by atoms with Gasteiger partial charge in [-0.3, -0.25) is 9.10 Å². The van der Waals surface area contributed by atoms with Crippen LogP contribution in [0.3, 0.4) is 0 Å². The first-order chi connectivity index (χ1) is 18.3. The molecule has 3 aromatic carbocycles. The molecule has 0 spiro atoms. The van der Waals surface area contributed by atoms with Gasteiger partial charge in [-0.05, 0) is 104 Å². The Balaban J connectivity index is 1.21. The predicted molar refractivity (Wildman–Crippen MR) is 149 cm³/mol. The number of methoxy groups -OCH3 is 1. The van der Waals surface area contributed by atoms with E-state index >= 15 is 0 Å². The van der Waals surface area contributed by atoms with Crippen LogP contribution < -0.4 is 14.4 Å². The summed E-state index contributed by atoms with van der Waals surface area (Å²) in [5.74, 6) is 2.71. The molecule has 3 aromatic rings. The minimum absolute atomic E-state index is 0.121. The molecule has 7 heteroatoms. The van der Waals surface area contributed by atoms with Crippen molar-refractivity contribution in [3.05, 3.63) is 84.4 Å². The maximum Gasteiger partial charge on any atom is 0.264 e. The molecule has 198 valence electrons. The molecule has 6 nitrogen and oxygen atoms in total. The van der Waals surface area contributed by atoms with E-state index in [4.69, 9.17) is 4.74 Å². The lowest BCUT2D eigenvalue weighted by atomic mass is 9.48. The predicted octanol–water partition coefficient (Wildman–Crippen LogP) is 6.00. The van der Waals surface area contributed by atoms with Gasteiger partial charge in [-0.1, -0.05) is 36.4 Å². The number of hydrogen-bond donors (Lipinski definition) is 1. The number of amides is 1. The lowest BCUT2D eigenvalue weighted by Gasteiger charge is -2.57. The Morgan fingerprint density at radius 3 is 2.13 bits per heavy atom. The molecule has 1 N–H and O–H groups in total. The molecule has 0 unspecified atom stereocenters. The van der Waals surface area contributed by atoms with Crippen molar-refractivity contribution < 1.29 is 17.9 Å². The fraction of sp³-hybridized carbons (Fsp3) is 0.387. The second kappa shape index (κ2) is 9.77. The van der Waals surface area contributed by atoms with Crippen molar-refractivity contribution in [1.82, 2.24) is 0 Å². The summed E-state index contributed by atoms with van der Waals surface area (Å²) in [5.41, 5.74) is 2.72. The summed E-state index contributed by atoms with van der Waals surface area (Å²) in [5, 5.41) is 2.92. The standard InChI is InChI=1S/C31H34N2O4S/c1-37-28-7-5-6-27(17-28)33(38(35,36)29-8-3-2-4-9-29)21-30(34)32-26-12-10-25(11-13-26)31-18-22-14-23(19-31)16-24(15-22)20-31/h2-13,17,22-24H,14-16,18-21H2,1H3,(H,32,34). The lowest BCUT2D eigenvalue weighted by molar-refractivity contribution is -0.114. The van der Waals surface area contributed by atoms with Gasteiger partial charge in [0.15, 0.2) is 0 Å². The van der Waals surface area contributed by atoms with Crippen molar-refractivity contribution in [3.8, 4) is 5.75 Å². The molecule has 4 saturated carbocycles. The number of ether oxygens (including phenoxy) is 1. The summed E-state index contributed by atoms with van der Waals surface area (Å²) in [4.78, 5) is 13.3. The van der Waals surface area contributed by atoms with Crippen LogP contribution in [0.5, 0.6) is 5.75 Å². The van der Waals surface area contributed by atoms with Crippen LogP contribution in [0.2, 0.25) is 0 Å². The van der Waals surface area contributed by atoms with Gasteiger partial charge in [0.05, 0.1) is 17.7 Å². The molecule has 0 saturated heterocycles. The highest BCUT2D eigenvalue weighted by molar-refractivity contribution is 7.92. The summed E-state index contributed by atoms with van der Waals surface area (Å²) in [6.45, 7) is -0.360. The van der Waals surface area contributed by atoms with Crippen LogP contribution in [0.25, 0.3) is 0 Å². The number of sulfonamides is 1. The molecule has 0 aromatic heterocycles. The van der Waals surface area contributed by atoms with Gasteiger partial charge in [0.2, 0.25) is 5.91 Å². The van der Waals surface area contributed by atoms with Crippen LogP contribution in [0.4, 0.5) is 11.4 Å². The number of nitrogens with zero attached hydrogens (tertiary/aromatic N) is 1. The molecule has 4 aliphatic rings. The van der Waals surface area contributed by atoms with E-state index in [9.17, 15) is 13.2 Å². The van der Waals surface area contributed by atoms with E-state index in [0.29, 0.717) is 22.5 Å². The van der Waals surface area contributed by atoms with Gasteiger partial charge in [-0.15, -0.1) is 0 Å². The molecule has 4 bridgehead atoms. The third kappa shape index (κ3) is 4.68. The number of benzene rings is 3. The van der Waals surface area contributed by atoms with Crippen LogP contribution in [0.15, 0.2) is 83.8 Å². The zero-order valence-electron chi connectivity index (χ0n) is 21.7. The SMILES string of the molecule is COc1cccc(N(CC(=O)Nc2ccc(C34CC5CC(CC(C5)C3)C4)cc2)S(=O)(=O)c2ccccc2)c1. The van der Waals surface area contributed by atoms with Crippen molar-refractivity contribution in [2.24, 2.45) is 17.8 Å². The largest absolute Gasteiger partial charge is 0.497 e. The maximum absolute atomic E-state index is 13.6. The molecule has 7 rings (SSSR count). The van der Waals surface area contributed by atoms with Crippen LogP contribution in [-0.4, -0.2) is 28.0 Å². The van der Waals surface area contributed by atoms with Crippen LogP contribution in [0.1, 0.15) is 44.1 Å². The average Bonchev–Trinajstić information content (AvgIpc) is 2.92. The molecule has 0 heterocycles. The van der Waals surface area contributed by atoms with E-state index in [0.717, 1.165) is 22.1 Å². The molecular formula is C31H34N2O4S. The first-order valence-corrected chi connectivity index (χ1v) is 14.9. The van der Waals surface area contributed by atoms with Gasteiger partial charge in [0.25, 0.3) is 10.0 Å². The van der Waals surface area contributed by atoms with Crippen LogP contribution in [-0.2, 0) is 20.2 Å². The smallest absolute Gasteiger partial charge is 0.264 e. The Labute approximate surface area is 225 Å². The van der Waals surface area contributed by atoms with Crippen molar-refractivity contribution in [3.63, 3.8) is 0 Å². The molecule has 0 aliphatic heterocycles. The maximum atomic E-state index is 13.6. The highest BCUT2D eigenvalue weighted by Crippen LogP contribution is 2.60. The monoisotopic (exact) mass is 530 g/mol. The van der Waals surface area contributed by atoms with E-state index in [1.165, 1.54) is 63.3 Å². The van der Waals surface area contributed by atoms with Gasteiger partial charge in [-0.25, -0.2) is 8.42 Å². The Hall–Kier alpha value is -3.32. The summed E-state index contributed by atoms with van der Waals surface area (Å²) < 4.78 is 33.6. The summed E-state index contributed by atoms with van der Waals surface area (Å²) in [6.07, 6.45) is 8.09. The Bertz CT molecular complexity index is 1380. The van der Waals surface area contributed by atoms with Gasteiger partial charge in [0, 0.05) is 11.8 Å². The highest BCUT2D eigenvalue weighted by atomic mass is 32.2. The van der Waals surface area contributed by atoms with Crippen LogP contribution >= 0.6 is 0 Å². The van der Waals surface area contributed by atoms with E-state index in [1.807, 2.05) is 12.1 Å².